The number of hydrogen-bond acceptors (Lipinski definition) is 3. The van der Waals surface area contributed by atoms with E-state index in [1.54, 1.807) is 0 Å². The van der Waals surface area contributed by atoms with Crippen molar-refractivity contribution >= 4 is 11.7 Å². The van der Waals surface area contributed by atoms with Gasteiger partial charge in [-0.05, 0) is 0 Å². The van der Waals surface area contributed by atoms with Crippen molar-refractivity contribution in [1.29, 1.82) is 0 Å². The van der Waals surface area contributed by atoms with Crippen LogP contribution in [0.3, 0.4) is 0 Å². The molecule has 78 valence electrons. The van der Waals surface area contributed by atoms with Gasteiger partial charge in [0.15, 0.2) is 0 Å². The molecule has 0 amide bonds. The number of rotatable bonds is 4. The molecule has 0 saturated heterocycles. The number of carboxylic acids is 1. The largest absolute Gasteiger partial charge is 0.477 e. The van der Waals surface area contributed by atoms with Crippen LogP contribution in [0.1, 0.15) is 16.9 Å². The Morgan fingerprint density at radius 1 is 1.73 bits per heavy atom. The van der Waals surface area contributed by atoms with Gasteiger partial charge in [0.05, 0.1) is 11.1 Å². The summed E-state index contributed by atoms with van der Waals surface area (Å²) in [4.78, 5) is 20.5. The first kappa shape index (κ1) is 10.8. The van der Waals surface area contributed by atoms with Gasteiger partial charge in [0.1, 0.15) is 5.69 Å². The summed E-state index contributed by atoms with van der Waals surface area (Å²) in [5.41, 5.74) is -0.374. The first-order valence-corrected chi connectivity index (χ1v) is 4.07. The van der Waals surface area contributed by atoms with Gasteiger partial charge in [-0.1, -0.05) is 0 Å². The predicted octanol–water partition coefficient (Wildman–Crippen LogP) is 1.12. The van der Waals surface area contributed by atoms with Gasteiger partial charge in [0.25, 0.3) is 5.69 Å². The first-order valence-electron chi connectivity index (χ1n) is 4.07. The highest BCUT2D eigenvalue weighted by Crippen LogP contribution is 2.16. The molecule has 15 heavy (non-hydrogen) atoms. The number of terminal acetylenes is 1. The van der Waals surface area contributed by atoms with E-state index < -0.39 is 10.9 Å². The van der Waals surface area contributed by atoms with E-state index in [1.807, 2.05) is 0 Å². The lowest BCUT2D eigenvalue weighted by Gasteiger charge is -2.00. The zero-order valence-corrected chi connectivity index (χ0v) is 7.71. The molecule has 0 aliphatic carbocycles. The number of nitrogens with zero attached hydrogens (tertiary/aromatic N) is 2. The molecular weight excluding hydrogens is 200 g/mol. The summed E-state index contributed by atoms with van der Waals surface area (Å²) >= 11 is 0. The molecule has 1 N–H and O–H groups in total. The second-order valence-corrected chi connectivity index (χ2v) is 2.79. The molecule has 0 fully saturated rings. The minimum atomic E-state index is -1.21. The number of aromatic carboxylic acids is 1. The number of carbonyl (C=O) groups is 1. The molecule has 0 spiro atoms. The summed E-state index contributed by atoms with van der Waals surface area (Å²) in [6.07, 6.45) is 6.52. The van der Waals surface area contributed by atoms with E-state index in [1.165, 1.54) is 10.8 Å². The molecule has 0 unspecified atom stereocenters. The number of nitro groups is 1. The van der Waals surface area contributed by atoms with Gasteiger partial charge in [0.2, 0.25) is 0 Å². The van der Waals surface area contributed by atoms with Gasteiger partial charge in [0, 0.05) is 19.0 Å². The maximum Gasteiger partial charge on any atom is 0.352 e. The molecule has 0 aliphatic heterocycles. The maximum absolute atomic E-state index is 10.7. The molecule has 0 atom stereocenters. The molecule has 0 saturated carbocycles. The van der Waals surface area contributed by atoms with Crippen LogP contribution in [0.15, 0.2) is 12.3 Å². The van der Waals surface area contributed by atoms with Crippen LogP contribution in [0.2, 0.25) is 0 Å². The van der Waals surface area contributed by atoms with Crippen molar-refractivity contribution in [1.82, 2.24) is 4.57 Å². The molecule has 1 aromatic rings. The zero-order valence-electron chi connectivity index (χ0n) is 7.71. The third-order valence-electron chi connectivity index (χ3n) is 1.81. The molecule has 1 aromatic heterocycles. The van der Waals surface area contributed by atoms with Crippen molar-refractivity contribution in [3.05, 3.63) is 28.1 Å². The van der Waals surface area contributed by atoms with Gasteiger partial charge in [-0.2, -0.15) is 0 Å². The maximum atomic E-state index is 10.7. The molecule has 0 aliphatic rings. The Bertz CT molecular complexity index is 441. The quantitative estimate of drug-likeness (QED) is 0.456. The Morgan fingerprint density at radius 3 is 2.87 bits per heavy atom. The van der Waals surface area contributed by atoms with Crippen LogP contribution in [0.4, 0.5) is 5.69 Å². The molecule has 1 heterocycles. The SMILES string of the molecule is C#CCCn1cc([N+](=O)[O-])cc1C(=O)O. The van der Waals surface area contributed by atoms with E-state index in [4.69, 9.17) is 11.5 Å². The molecule has 0 radical (unpaired) electrons. The van der Waals surface area contributed by atoms with Crippen LogP contribution < -0.4 is 0 Å². The number of hydrogen-bond donors (Lipinski definition) is 1. The van der Waals surface area contributed by atoms with Crippen LogP contribution in [-0.2, 0) is 6.54 Å². The second kappa shape index (κ2) is 4.28. The van der Waals surface area contributed by atoms with Crippen LogP contribution in [0.25, 0.3) is 0 Å². The van der Waals surface area contributed by atoms with E-state index in [-0.39, 0.29) is 17.9 Å². The van der Waals surface area contributed by atoms with Crippen molar-refractivity contribution in [3.8, 4) is 12.3 Å². The molecular formula is C9H8N2O4. The van der Waals surface area contributed by atoms with E-state index >= 15 is 0 Å². The lowest BCUT2D eigenvalue weighted by Crippen LogP contribution is -2.07. The van der Waals surface area contributed by atoms with Gasteiger partial charge in [-0.15, -0.1) is 12.3 Å². The molecule has 0 bridgehead atoms. The highest BCUT2D eigenvalue weighted by atomic mass is 16.6. The molecule has 6 nitrogen and oxygen atoms in total. The number of carboxylic acid groups (broad SMARTS) is 1. The number of aryl methyl sites for hydroxylation is 1. The van der Waals surface area contributed by atoms with Crippen molar-refractivity contribution in [2.24, 2.45) is 0 Å². The summed E-state index contributed by atoms with van der Waals surface area (Å²) in [7, 11) is 0. The monoisotopic (exact) mass is 208 g/mol. The Hall–Kier alpha value is -2.29. The minimum Gasteiger partial charge on any atom is -0.477 e. The smallest absolute Gasteiger partial charge is 0.352 e. The van der Waals surface area contributed by atoms with E-state index in [9.17, 15) is 14.9 Å². The van der Waals surface area contributed by atoms with Crippen molar-refractivity contribution in [3.63, 3.8) is 0 Å². The average Bonchev–Trinajstić information content (AvgIpc) is 2.58. The fourth-order valence-corrected chi connectivity index (χ4v) is 1.14. The third-order valence-corrected chi connectivity index (χ3v) is 1.81. The lowest BCUT2D eigenvalue weighted by atomic mass is 10.4. The van der Waals surface area contributed by atoms with Crippen LogP contribution in [-0.4, -0.2) is 20.6 Å². The molecule has 6 heteroatoms. The summed E-state index contributed by atoms with van der Waals surface area (Å²) < 4.78 is 1.26. The summed E-state index contributed by atoms with van der Waals surface area (Å²) in [5.74, 6) is 1.13. The van der Waals surface area contributed by atoms with Crippen LogP contribution in [0, 0.1) is 22.5 Å². The van der Waals surface area contributed by atoms with Crippen molar-refractivity contribution < 1.29 is 14.8 Å². The average molecular weight is 208 g/mol. The number of aromatic nitrogens is 1. The highest BCUT2D eigenvalue weighted by Gasteiger charge is 2.17. The van der Waals surface area contributed by atoms with Crippen LogP contribution in [0.5, 0.6) is 0 Å². The Kier molecular flexibility index (Phi) is 3.08. The fraction of sp³-hybridized carbons (Fsp3) is 0.222. The minimum absolute atomic E-state index is 0.128. The predicted molar refractivity (Wildman–Crippen MR) is 51.5 cm³/mol. The van der Waals surface area contributed by atoms with Gasteiger partial charge in [-0.3, -0.25) is 10.1 Å². The lowest BCUT2D eigenvalue weighted by molar-refractivity contribution is -0.384. The molecule has 0 aromatic carbocycles. The van der Waals surface area contributed by atoms with Gasteiger partial charge >= 0.3 is 5.97 Å². The molecule has 1 rings (SSSR count). The second-order valence-electron chi connectivity index (χ2n) is 2.79. The third kappa shape index (κ3) is 2.34. The van der Waals surface area contributed by atoms with E-state index in [0.29, 0.717) is 6.42 Å². The Labute approximate surface area is 85.3 Å². The van der Waals surface area contributed by atoms with Gasteiger partial charge in [-0.25, -0.2) is 4.79 Å². The summed E-state index contributed by atoms with van der Waals surface area (Å²) in [6, 6.07) is 1.01. The summed E-state index contributed by atoms with van der Waals surface area (Å²) in [5, 5.41) is 19.2. The standard InChI is InChI=1S/C9H8N2O4/c1-2-3-4-10-6-7(11(14)15)5-8(10)9(12)13/h1,5-6H,3-4H2,(H,12,13). The first-order chi connectivity index (χ1) is 7.06. The van der Waals surface area contributed by atoms with Gasteiger partial charge < -0.3 is 9.67 Å². The Morgan fingerprint density at radius 2 is 2.40 bits per heavy atom. The Balaban J connectivity index is 3.07. The topological polar surface area (TPSA) is 85.4 Å². The normalized spacial score (nSPS) is 9.53. The van der Waals surface area contributed by atoms with Crippen molar-refractivity contribution in [2.45, 2.75) is 13.0 Å². The zero-order chi connectivity index (χ0) is 11.4. The van der Waals surface area contributed by atoms with Crippen LogP contribution >= 0.6 is 0 Å². The highest BCUT2D eigenvalue weighted by molar-refractivity contribution is 5.86. The van der Waals surface area contributed by atoms with Crippen molar-refractivity contribution in [2.75, 3.05) is 0 Å². The van der Waals surface area contributed by atoms with E-state index in [2.05, 4.69) is 5.92 Å². The fourth-order valence-electron chi connectivity index (χ4n) is 1.14. The van der Waals surface area contributed by atoms with E-state index in [0.717, 1.165) is 6.07 Å². The summed E-state index contributed by atoms with van der Waals surface area (Å²) in [6.45, 7) is 0.256.